The van der Waals surface area contributed by atoms with Gasteiger partial charge in [0.25, 0.3) is 5.91 Å². The molecule has 0 aliphatic carbocycles. The largest absolute Gasteiger partial charge is 0.336 e. The maximum Gasteiger partial charge on any atom is 0.254 e. The summed E-state index contributed by atoms with van der Waals surface area (Å²) in [7, 11) is 0. The lowest BCUT2D eigenvalue weighted by Gasteiger charge is -2.38. The van der Waals surface area contributed by atoms with Crippen LogP contribution >= 0.6 is 11.3 Å². The highest BCUT2D eigenvalue weighted by molar-refractivity contribution is 7.08. The van der Waals surface area contributed by atoms with E-state index in [4.69, 9.17) is 0 Å². The van der Waals surface area contributed by atoms with Gasteiger partial charge in [0.15, 0.2) is 0 Å². The molecule has 4 rings (SSSR count). The van der Waals surface area contributed by atoms with Crippen LogP contribution in [0.5, 0.6) is 0 Å². The Labute approximate surface area is 151 Å². The molecule has 130 valence electrons. The fraction of sp³-hybridized carbons (Fsp3) is 0.368. The van der Waals surface area contributed by atoms with Crippen LogP contribution in [0, 0.1) is 0 Å². The predicted molar refractivity (Wildman–Crippen MR) is 99.0 cm³/mol. The summed E-state index contributed by atoms with van der Waals surface area (Å²) >= 11 is 1.54. The van der Waals surface area contributed by atoms with Gasteiger partial charge in [-0.3, -0.25) is 14.5 Å². The van der Waals surface area contributed by atoms with E-state index in [1.54, 1.807) is 11.3 Å². The lowest BCUT2D eigenvalue weighted by Crippen LogP contribution is -2.54. The molecule has 2 aromatic rings. The first-order chi connectivity index (χ1) is 12.2. The highest BCUT2D eigenvalue weighted by Crippen LogP contribution is 2.24. The smallest absolute Gasteiger partial charge is 0.254 e. The molecular formula is C19H21N3O2S. The minimum Gasteiger partial charge on any atom is -0.336 e. The standard InChI is InChI=1S/C19H21N3O2S/c23-18-17(6-5-14-3-1-2-4-16(14)20-18)21-8-10-22(11-9-21)19(24)15-7-12-25-13-15/h1-4,7,12-13,17H,5-6,8-11H2,(H,20,23). The van der Waals surface area contributed by atoms with E-state index in [9.17, 15) is 9.59 Å². The van der Waals surface area contributed by atoms with Crippen LogP contribution in [-0.4, -0.2) is 53.8 Å². The summed E-state index contributed by atoms with van der Waals surface area (Å²) in [5.74, 6) is 0.168. The summed E-state index contributed by atoms with van der Waals surface area (Å²) in [6.45, 7) is 2.82. The molecule has 1 fully saturated rings. The Hall–Kier alpha value is -2.18. The summed E-state index contributed by atoms with van der Waals surface area (Å²) in [5.41, 5.74) is 2.90. The van der Waals surface area contributed by atoms with Gasteiger partial charge in [0.1, 0.15) is 0 Å². The number of hydrogen-bond acceptors (Lipinski definition) is 4. The molecule has 0 radical (unpaired) electrons. The zero-order valence-electron chi connectivity index (χ0n) is 14.0. The monoisotopic (exact) mass is 355 g/mol. The highest BCUT2D eigenvalue weighted by atomic mass is 32.1. The van der Waals surface area contributed by atoms with Gasteiger partial charge in [0.05, 0.1) is 11.6 Å². The minimum absolute atomic E-state index is 0.0718. The molecule has 0 saturated carbocycles. The number of rotatable bonds is 2. The maximum absolute atomic E-state index is 12.6. The van der Waals surface area contributed by atoms with E-state index in [-0.39, 0.29) is 17.9 Å². The predicted octanol–water partition coefficient (Wildman–Crippen LogP) is 2.46. The molecule has 0 spiro atoms. The quantitative estimate of drug-likeness (QED) is 0.900. The van der Waals surface area contributed by atoms with E-state index in [0.29, 0.717) is 13.1 Å². The molecule has 2 aliphatic rings. The molecule has 25 heavy (non-hydrogen) atoms. The van der Waals surface area contributed by atoms with Gasteiger partial charge in [-0.1, -0.05) is 18.2 Å². The number of thiophene rings is 1. The van der Waals surface area contributed by atoms with Crippen LogP contribution in [0.25, 0.3) is 0 Å². The zero-order chi connectivity index (χ0) is 17.2. The van der Waals surface area contributed by atoms with Gasteiger partial charge >= 0.3 is 0 Å². The minimum atomic E-state index is -0.120. The van der Waals surface area contributed by atoms with E-state index < -0.39 is 0 Å². The van der Waals surface area contributed by atoms with E-state index >= 15 is 0 Å². The number of para-hydroxylation sites is 1. The molecule has 1 aromatic carbocycles. The van der Waals surface area contributed by atoms with Crippen molar-refractivity contribution in [3.8, 4) is 0 Å². The SMILES string of the molecule is O=C1Nc2ccccc2CCC1N1CCN(C(=O)c2ccsc2)CC1. The topological polar surface area (TPSA) is 52.7 Å². The van der Waals surface area contributed by atoms with E-state index in [1.807, 2.05) is 39.9 Å². The van der Waals surface area contributed by atoms with Crippen molar-refractivity contribution in [1.82, 2.24) is 9.80 Å². The van der Waals surface area contributed by atoms with Gasteiger partial charge in [-0.25, -0.2) is 0 Å². The molecule has 6 heteroatoms. The van der Waals surface area contributed by atoms with Crippen LogP contribution in [0.2, 0.25) is 0 Å². The van der Waals surface area contributed by atoms with Crippen LogP contribution in [0.1, 0.15) is 22.3 Å². The Bertz CT molecular complexity index is 767. The summed E-state index contributed by atoms with van der Waals surface area (Å²) in [6, 6.07) is 9.76. The number of anilines is 1. The second kappa shape index (κ2) is 6.98. The third kappa shape index (κ3) is 3.32. The first-order valence-electron chi connectivity index (χ1n) is 8.66. The van der Waals surface area contributed by atoms with Gasteiger partial charge in [-0.05, 0) is 35.9 Å². The van der Waals surface area contributed by atoms with Crippen LogP contribution in [0.3, 0.4) is 0 Å². The van der Waals surface area contributed by atoms with E-state index in [2.05, 4.69) is 16.3 Å². The third-order valence-corrected chi connectivity index (χ3v) is 5.76. The number of aryl methyl sites for hydroxylation is 1. The van der Waals surface area contributed by atoms with Crippen molar-refractivity contribution in [2.75, 3.05) is 31.5 Å². The maximum atomic E-state index is 12.6. The number of nitrogens with zero attached hydrogens (tertiary/aromatic N) is 2. The molecule has 0 bridgehead atoms. The Morgan fingerprint density at radius 3 is 2.68 bits per heavy atom. The average Bonchev–Trinajstić information content (AvgIpc) is 3.12. The van der Waals surface area contributed by atoms with Gasteiger partial charge in [-0.15, -0.1) is 0 Å². The number of amides is 2. The molecule has 1 unspecified atom stereocenters. The van der Waals surface area contributed by atoms with Crippen LogP contribution in [-0.2, 0) is 11.2 Å². The molecule has 2 amide bonds. The normalized spacial score (nSPS) is 21.4. The summed E-state index contributed by atoms with van der Waals surface area (Å²) in [4.78, 5) is 29.2. The number of hydrogen-bond donors (Lipinski definition) is 1. The van der Waals surface area contributed by atoms with Gasteiger partial charge in [0.2, 0.25) is 5.91 Å². The molecule has 1 atom stereocenters. The Balaban J connectivity index is 1.39. The van der Waals surface area contributed by atoms with E-state index in [1.165, 1.54) is 5.56 Å². The Morgan fingerprint density at radius 1 is 1.12 bits per heavy atom. The number of piperazine rings is 1. The lowest BCUT2D eigenvalue weighted by molar-refractivity contribution is -0.122. The molecule has 5 nitrogen and oxygen atoms in total. The van der Waals surface area contributed by atoms with Crippen LogP contribution < -0.4 is 5.32 Å². The number of benzene rings is 1. The first kappa shape index (κ1) is 16.3. The van der Waals surface area contributed by atoms with Gasteiger partial charge in [0, 0.05) is 37.2 Å². The highest BCUT2D eigenvalue weighted by Gasteiger charge is 2.32. The summed E-state index contributed by atoms with van der Waals surface area (Å²) < 4.78 is 0. The molecule has 1 aromatic heterocycles. The number of carbonyl (C=O) groups is 2. The fourth-order valence-electron chi connectivity index (χ4n) is 3.65. The third-order valence-electron chi connectivity index (χ3n) is 5.08. The summed E-state index contributed by atoms with van der Waals surface area (Å²) in [5, 5.41) is 6.89. The van der Waals surface area contributed by atoms with Crippen molar-refractivity contribution in [2.45, 2.75) is 18.9 Å². The van der Waals surface area contributed by atoms with Crippen molar-refractivity contribution in [1.29, 1.82) is 0 Å². The first-order valence-corrected chi connectivity index (χ1v) is 9.61. The van der Waals surface area contributed by atoms with Gasteiger partial charge < -0.3 is 10.2 Å². The average molecular weight is 355 g/mol. The number of carbonyl (C=O) groups excluding carboxylic acids is 2. The number of nitrogens with one attached hydrogen (secondary N) is 1. The van der Waals surface area contributed by atoms with Crippen LogP contribution in [0.15, 0.2) is 41.1 Å². The molecule has 3 heterocycles. The van der Waals surface area contributed by atoms with Gasteiger partial charge in [-0.2, -0.15) is 11.3 Å². The molecule has 1 N–H and O–H groups in total. The van der Waals surface area contributed by atoms with Crippen molar-refractivity contribution >= 4 is 28.8 Å². The Kier molecular flexibility index (Phi) is 4.55. The van der Waals surface area contributed by atoms with E-state index in [0.717, 1.165) is 37.2 Å². The van der Waals surface area contributed by atoms with Crippen LogP contribution in [0.4, 0.5) is 5.69 Å². The molecular weight excluding hydrogens is 334 g/mol. The van der Waals surface area contributed by atoms with Crippen molar-refractivity contribution in [3.63, 3.8) is 0 Å². The molecule has 1 saturated heterocycles. The zero-order valence-corrected chi connectivity index (χ0v) is 14.8. The van der Waals surface area contributed by atoms with Crippen molar-refractivity contribution in [3.05, 3.63) is 52.2 Å². The lowest BCUT2D eigenvalue weighted by atomic mass is 10.0. The second-order valence-electron chi connectivity index (χ2n) is 6.54. The summed E-state index contributed by atoms with van der Waals surface area (Å²) in [6.07, 6.45) is 1.72. The second-order valence-corrected chi connectivity index (χ2v) is 7.32. The molecule has 2 aliphatic heterocycles. The number of fused-ring (bicyclic) bond motifs is 1. The van der Waals surface area contributed by atoms with Crippen molar-refractivity contribution in [2.24, 2.45) is 0 Å². The van der Waals surface area contributed by atoms with Crippen molar-refractivity contribution < 1.29 is 9.59 Å². The fourth-order valence-corrected chi connectivity index (χ4v) is 4.28. The Morgan fingerprint density at radius 2 is 1.92 bits per heavy atom.